The lowest BCUT2D eigenvalue weighted by atomic mass is 10.00. The minimum absolute atomic E-state index is 0.110. The van der Waals surface area contributed by atoms with Crippen molar-refractivity contribution in [3.05, 3.63) is 51.4 Å². The second-order valence-corrected chi connectivity index (χ2v) is 7.59. The molecule has 1 aliphatic heterocycles. The molecular formula is C22H27N3O2. The normalized spacial score (nSPS) is 15.1. The first-order chi connectivity index (χ1) is 13.0. The van der Waals surface area contributed by atoms with Gasteiger partial charge in [-0.15, -0.1) is 0 Å². The predicted molar refractivity (Wildman–Crippen MR) is 109 cm³/mol. The van der Waals surface area contributed by atoms with E-state index in [0.29, 0.717) is 12.0 Å². The molecule has 0 amide bonds. The van der Waals surface area contributed by atoms with Gasteiger partial charge in [0.2, 0.25) is 0 Å². The molecule has 2 N–H and O–H groups in total. The number of likely N-dealkylation sites (tertiary alicyclic amines) is 1. The van der Waals surface area contributed by atoms with Gasteiger partial charge in [0.25, 0.3) is 5.56 Å². The average Bonchev–Trinajstić information content (AvgIpc) is 3.28. The number of aryl methyl sites for hydroxylation is 1. The minimum Gasteiger partial charge on any atom is -0.507 e. The first kappa shape index (κ1) is 17.9. The second kappa shape index (κ2) is 6.89. The van der Waals surface area contributed by atoms with Gasteiger partial charge in [0.15, 0.2) is 0 Å². The maximum atomic E-state index is 12.2. The molecule has 2 aromatic heterocycles. The summed E-state index contributed by atoms with van der Waals surface area (Å²) >= 11 is 0. The molecule has 0 atom stereocenters. The van der Waals surface area contributed by atoms with E-state index in [1.165, 1.54) is 37.1 Å². The molecule has 1 fully saturated rings. The summed E-state index contributed by atoms with van der Waals surface area (Å²) in [5.74, 6) is 0.110. The number of nitrogens with zero attached hydrogens (tertiary/aromatic N) is 2. The molecule has 0 saturated carbocycles. The van der Waals surface area contributed by atoms with Gasteiger partial charge in [-0.1, -0.05) is 13.0 Å². The van der Waals surface area contributed by atoms with Crippen LogP contribution < -0.4 is 5.56 Å². The second-order valence-electron chi connectivity index (χ2n) is 7.59. The van der Waals surface area contributed by atoms with Gasteiger partial charge in [-0.2, -0.15) is 0 Å². The molecule has 0 radical (unpaired) electrons. The molecule has 5 heteroatoms. The zero-order chi connectivity index (χ0) is 19.1. The number of aromatic amines is 1. The molecule has 0 unspecified atom stereocenters. The highest BCUT2D eigenvalue weighted by molar-refractivity contribution is 5.86. The van der Waals surface area contributed by atoms with E-state index in [2.05, 4.69) is 39.7 Å². The standard InChI is InChI=1S/C22H27N3O2/c1-4-18-20(23-22(27)14(2)21(18)26)15-7-8-19-16(11-15)12-17(24(19)3)13-25-9-5-6-10-25/h7-8,11-12H,4-6,9-10,13H2,1-3H3,(H2,23,26,27). The summed E-state index contributed by atoms with van der Waals surface area (Å²) in [4.78, 5) is 17.7. The molecule has 0 bridgehead atoms. The van der Waals surface area contributed by atoms with Crippen molar-refractivity contribution in [2.24, 2.45) is 7.05 Å². The Labute approximate surface area is 159 Å². The lowest BCUT2D eigenvalue weighted by molar-refractivity contribution is 0.324. The van der Waals surface area contributed by atoms with E-state index in [1.54, 1.807) is 6.92 Å². The number of hydrogen-bond acceptors (Lipinski definition) is 3. The molecule has 1 aliphatic rings. The third-order valence-electron chi connectivity index (χ3n) is 5.89. The molecule has 0 aliphatic carbocycles. The third-order valence-corrected chi connectivity index (χ3v) is 5.89. The summed E-state index contributed by atoms with van der Waals surface area (Å²) in [6, 6.07) is 8.49. The van der Waals surface area contributed by atoms with E-state index in [4.69, 9.17) is 0 Å². The molecular weight excluding hydrogens is 338 g/mol. The largest absolute Gasteiger partial charge is 0.507 e. The van der Waals surface area contributed by atoms with Gasteiger partial charge in [-0.25, -0.2) is 0 Å². The fourth-order valence-corrected chi connectivity index (χ4v) is 4.21. The summed E-state index contributed by atoms with van der Waals surface area (Å²) in [5.41, 5.74) is 5.08. The number of H-pyrrole nitrogens is 1. The van der Waals surface area contributed by atoms with E-state index in [9.17, 15) is 9.90 Å². The Kier molecular flexibility index (Phi) is 4.56. The van der Waals surface area contributed by atoms with E-state index < -0.39 is 0 Å². The smallest absolute Gasteiger partial charge is 0.255 e. The SMILES string of the molecule is CCc1c(-c2ccc3c(c2)cc(CN2CCCC2)n3C)[nH]c(=O)c(C)c1O. The van der Waals surface area contributed by atoms with Crippen LogP contribution in [-0.4, -0.2) is 32.6 Å². The Bertz CT molecular complexity index is 1060. The Hall–Kier alpha value is -2.53. The lowest BCUT2D eigenvalue weighted by Gasteiger charge is -2.15. The molecule has 142 valence electrons. The number of fused-ring (bicyclic) bond motifs is 1. The van der Waals surface area contributed by atoms with E-state index in [-0.39, 0.29) is 11.3 Å². The Morgan fingerprint density at radius 1 is 1.19 bits per heavy atom. The molecule has 1 aromatic carbocycles. The molecule has 3 heterocycles. The van der Waals surface area contributed by atoms with Gasteiger partial charge in [0, 0.05) is 35.8 Å². The third kappa shape index (κ3) is 3.06. The molecule has 1 saturated heterocycles. The summed E-state index contributed by atoms with van der Waals surface area (Å²) in [6.07, 6.45) is 3.24. The van der Waals surface area contributed by atoms with Crippen molar-refractivity contribution in [2.75, 3.05) is 13.1 Å². The van der Waals surface area contributed by atoms with Gasteiger partial charge >= 0.3 is 0 Å². The molecule has 27 heavy (non-hydrogen) atoms. The van der Waals surface area contributed by atoms with Crippen LogP contribution in [0.1, 0.15) is 36.6 Å². The van der Waals surface area contributed by atoms with Crippen LogP contribution in [0.3, 0.4) is 0 Å². The van der Waals surface area contributed by atoms with Gasteiger partial charge in [-0.3, -0.25) is 9.69 Å². The zero-order valence-corrected chi connectivity index (χ0v) is 16.3. The number of hydrogen-bond donors (Lipinski definition) is 2. The monoisotopic (exact) mass is 365 g/mol. The molecule has 3 aromatic rings. The summed E-state index contributed by atoms with van der Waals surface area (Å²) in [7, 11) is 2.12. The Morgan fingerprint density at radius 3 is 2.63 bits per heavy atom. The van der Waals surface area contributed by atoms with Gasteiger partial charge in [-0.05, 0) is 63.0 Å². The summed E-state index contributed by atoms with van der Waals surface area (Å²) < 4.78 is 2.26. The van der Waals surface area contributed by atoms with Crippen LogP contribution in [0, 0.1) is 6.92 Å². The lowest BCUT2D eigenvalue weighted by Crippen LogP contribution is -2.19. The van der Waals surface area contributed by atoms with Crippen molar-refractivity contribution in [2.45, 2.75) is 39.7 Å². The minimum atomic E-state index is -0.234. The predicted octanol–water partition coefficient (Wildman–Crippen LogP) is 3.71. The van der Waals surface area contributed by atoms with Gasteiger partial charge in [0.05, 0.1) is 11.3 Å². The molecule has 5 nitrogen and oxygen atoms in total. The maximum absolute atomic E-state index is 12.2. The fourth-order valence-electron chi connectivity index (χ4n) is 4.21. The highest BCUT2D eigenvalue weighted by atomic mass is 16.3. The number of aromatic nitrogens is 2. The quantitative estimate of drug-likeness (QED) is 0.741. The van der Waals surface area contributed by atoms with E-state index in [1.807, 2.05) is 13.0 Å². The summed E-state index contributed by atoms with van der Waals surface area (Å²) in [5, 5.41) is 11.6. The number of pyridine rings is 1. The molecule has 4 rings (SSSR count). The highest BCUT2D eigenvalue weighted by Gasteiger charge is 2.17. The average molecular weight is 365 g/mol. The van der Waals surface area contributed by atoms with Gasteiger partial charge in [0.1, 0.15) is 5.75 Å². The van der Waals surface area contributed by atoms with Crippen molar-refractivity contribution < 1.29 is 5.11 Å². The van der Waals surface area contributed by atoms with Crippen LogP contribution in [0.5, 0.6) is 5.75 Å². The van der Waals surface area contributed by atoms with Crippen molar-refractivity contribution in [3.63, 3.8) is 0 Å². The first-order valence-electron chi connectivity index (χ1n) is 9.75. The van der Waals surface area contributed by atoms with Crippen molar-refractivity contribution in [1.29, 1.82) is 0 Å². The first-order valence-corrected chi connectivity index (χ1v) is 9.75. The van der Waals surface area contributed by atoms with Crippen molar-refractivity contribution >= 4 is 10.9 Å². The van der Waals surface area contributed by atoms with Crippen LogP contribution in [0.4, 0.5) is 0 Å². The number of aromatic hydroxyl groups is 1. The van der Waals surface area contributed by atoms with Crippen molar-refractivity contribution in [3.8, 4) is 17.0 Å². The van der Waals surface area contributed by atoms with Crippen LogP contribution in [-0.2, 0) is 20.0 Å². The number of rotatable bonds is 4. The van der Waals surface area contributed by atoms with E-state index in [0.717, 1.165) is 28.8 Å². The fraction of sp³-hybridized carbons (Fsp3) is 0.409. The molecule has 0 spiro atoms. The number of nitrogens with one attached hydrogen (secondary N) is 1. The Morgan fingerprint density at radius 2 is 1.93 bits per heavy atom. The topological polar surface area (TPSA) is 61.3 Å². The van der Waals surface area contributed by atoms with Crippen LogP contribution >= 0.6 is 0 Å². The van der Waals surface area contributed by atoms with Crippen molar-refractivity contribution in [1.82, 2.24) is 14.5 Å². The van der Waals surface area contributed by atoms with Crippen LogP contribution in [0.15, 0.2) is 29.1 Å². The summed E-state index contributed by atoms with van der Waals surface area (Å²) in [6.45, 7) is 6.98. The highest BCUT2D eigenvalue weighted by Crippen LogP contribution is 2.32. The van der Waals surface area contributed by atoms with Crippen LogP contribution in [0.2, 0.25) is 0 Å². The Balaban J connectivity index is 1.79. The van der Waals surface area contributed by atoms with Crippen LogP contribution in [0.25, 0.3) is 22.2 Å². The zero-order valence-electron chi connectivity index (χ0n) is 16.3. The van der Waals surface area contributed by atoms with E-state index >= 15 is 0 Å². The maximum Gasteiger partial charge on any atom is 0.255 e. The number of benzene rings is 1. The van der Waals surface area contributed by atoms with Gasteiger partial charge < -0.3 is 14.7 Å².